The van der Waals surface area contributed by atoms with Gasteiger partial charge in [-0.25, -0.2) is 0 Å². The molecule has 0 aromatic heterocycles. The highest BCUT2D eigenvalue weighted by Crippen LogP contribution is 2.18. The maximum atomic E-state index is 11.6. The van der Waals surface area contributed by atoms with Crippen LogP contribution in [0.1, 0.15) is 0 Å². The summed E-state index contributed by atoms with van der Waals surface area (Å²) in [5, 5.41) is 3.10. The summed E-state index contributed by atoms with van der Waals surface area (Å²) in [4.78, 5) is 21.9. The van der Waals surface area contributed by atoms with Crippen molar-refractivity contribution in [2.24, 2.45) is 0 Å². The topological polar surface area (TPSA) is 90.7 Å². The molecule has 0 radical (unpaired) electrons. The SMILES string of the molecule is Nc1ccc(NC(COC=O)C2=COCC2=O)cc1. The van der Waals surface area contributed by atoms with Crippen molar-refractivity contribution >= 4 is 23.6 Å². The first-order valence-electron chi connectivity index (χ1n) is 5.73. The molecule has 1 heterocycles. The number of Topliss-reactive ketones (excluding diaryl/α,β-unsaturated/α-hetero) is 1. The summed E-state index contributed by atoms with van der Waals surface area (Å²) in [5.74, 6) is -0.123. The van der Waals surface area contributed by atoms with E-state index in [1.807, 2.05) is 0 Å². The maximum Gasteiger partial charge on any atom is 0.293 e. The lowest BCUT2D eigenvalue weighted by Gasteiger charge is -2.18. The Hall–Kier alpha value is -2.50. The minimum absolute atomic E-state index is 0.0241. The van der Waals surface area contributed by atoms with E-state index in [1.54, 1.807) is 24.3 Å². The fourth-order valence-corrected chi connectivity index (χ4v) is 1.76. The highest BCUT2D eigenvalue weighted by molar-refractivity contribution is 5.99. The van der Waals surface area contributed by atoms with Crippen LogP contribution in [0, 0.1) is 0 Å². The normalized spacial score (nSPS) is 15.4. The van der Waals surface area contributed by atoms with Crippen molar-refractivity contribution in [3.8, 4) is 0 Å². The van der Waals surface area contributed by atoms with E-state index in [0.29, 0.717) is 17.7 Å². The Labute approximate surface area is 110 Å². The number of carbonyl (C=O) groups excluding carboxylic acids is 2. The summed E-state index contributed by atoms with van der Waals surface area (Å²) in [6, 6.07) is 6.60. The van der Waals surface area contributed by atoms with Crippen LogP contribution in [0.2, 0.25) is 0 Å². The van der Waals surface area contributed by atoms with Gasteiger partial charge < -0.3 is 20.5 Å². The molecular weight excluding hydrogens is 248 g/mol. The van der Waals surface area contributed by atoms with E-state index in [1.165, 1.54) is 6.26 Å². The van der Waals surface area contributed by atoms with Gasteiger partial charge >= 0.3 is 0 Å². The molecule has 2 rings (SSSR count). The van der Waals surface area contributed by atoms with Crippen LogP contribution < -0.4 is 11.1 Å². The third kappa shape index (κ3) is 3.25. The molecule has 0 amide bonds. The smallest absolute Gasteiger partial charge is 0.293 e. The number of rotatable bonds is 6. The molecule has 1 atom stereocenters. The molecule has 0 saturated carbocycles. The average molecular weight is 262 g/mol. The summed E-state index contributed by atoms with van der Waals surface area (Å²) in [6.45, 7) is 0.420. The Kier molecular flexibility index (Phi) is 4.02. The molecule has 3 N–H and O–H groups in total. The van der Waals surface area contributed by atoms with Crippen LogP contribution in [0.15, 0.2) is 36.1 Å². The molecule has 1 unspecified atom stereocenters. The summed E-state index contributed by atoms with van der Waals surface area (Å²) >= 11 is 0. The van der Waals surface area contributed by atoms with Gasteiger partial charge in [0.15, 0.2) is 6.61 Å². The standard InChI is InChI=1S/C13H14N2O4/c14-9-1-3-10(4-2-9)15-12(6-19-8-16)11-5-18-7-13(11)17/h1-5,8,12,15H,6-7,14H2. The number of nitrogen functional groups attached to an aromatic ring is 1. The van der Waals surface area contributed by atoms with Gasteiger partial charge in [-0.15, -0.1) is 0 Å². The Bertz CT molecular complexity index is 496. The predicted molar refractivity (Wildman–Crippen MR) is 69.3 cm³/mol. The summed E-state index contributed by atoms with van der Waals surface area (Å²) in [7, 11) is 0. The zero-order valence-electron chi connectivity index (χ0n) is 10.2. The highest BCUT2D eigenvalue weighted by Gasteiger charge is 2.26. The molecule has 0 spiro atoms. The van der Waals surface area contributed by atoms with Crippen molar-refractivity contribution in [3.05, 3.63) is 36.1 Å². The first-order chi connectivity index (χ1) is 9.20. The zero-order valence-corrected chi connectivity index (χ0v) is 10.2. The van der Waals surface area contributed by atoms with Crippen molar-refractivity contribution in [3.63, 3.8) is 0 Å². The number of benzene rings is 1. The quantitative estimate of drug-likeness (QED) is 0.579. The average Bonchev–Trinajstić information content (AvgIpc) is 2.83. The molecule has 0 bridgehead atoms. The summed E-state index contributed by atoms with van der Waals surface area (Å²) < 4.78 is 9.71. The highest BCUT2D eigenvalue weighted by atomic mass is 16.5. The third-order valence-electron chi connectivity index (χ3n) is 2.70. The number of hydrogen-bond donors (Lipinski definition) is 2. The molecule has 1 aliphatic heterocycles. The Morgan fingerprint density at radius 1 is 1.42 bits per heavy atom. The van der Waals surface area contributed by atoms with Crippen LogP contribution in [0.25, 0.3) is 0 Å². The minimum atomic E-state index is -0.441. The van der Waals surface area contributed by atoms with Gasteiger partial charge in [0.05, 0.1) is 17.9 Å². The van der Waals surface area contributed by atoms with Gasteiger partial charge in [0.2, 0.25) is 5.78 Å². The number of nitrogens with two attached hydrogens (primary N) is 1. The molecule has 1 aromatic carbocycles. The van der Waals surface area contributed by atoms with Crippen molar-refractivity contribution in [2.45, 2.75) is 6.04 Å². The summed E-state index contributed by atoms with van der Waals surface area (Å²) in [5.41, 5.74) is 7.47. The van der Waals surface area contributed by atoms with Gasteiger partial charge in [-0.3, -0.25) is 9.59 Å². The Morgan fingerprint density at radius 2 is 2.16 bits per heavy atom. The fourth-order valence-electron chi connectivity index (χ4n) is 1.76. The predicted octanol–water partition coefficient (Wildman–Crippen LogP) is 0.705. The second-order valence-electron chi connectivity index (χ2n) is 4.06. The van der Waals surface area contributed by atoms with E-state index >= 15 is 0 Å². The van der Waals surface area contributed by atoms with E-state index < -0.39 is 6.04 Å². The van der Waals surface area contributed by atoms with Gasteiger partial charge in [0, 0.05) is 11.4 Å². The number of ketones is 1. The van der Waals surface area contributed by atoms with E-state index in [0.717, 1.165) is 5.69 Å². The molecule has 19 heavy (non-hydrogen) atoms. The van der Waals surface area contributed by atoms with E-state index in [4.69, 9.17) is 15.2 Å². The number of nitrogens with one attached hydrogen (secondary N) is 1. The maximum absolute atomic E-state index is 11.6. The van der Waals surface area contributed by atoms with Gasteiger partial charge in [-0.2, -0.15) is 0 Å². The zero-order chi connectivity index (χ0) is 13.7. The van der Waals surface area contributed by atoms with Crippen LogP contribution in [0.4, 0.5) is 11.4 Å². The molecule has 6 heteroatoms. The number of ether oxygens (including phenoxy) is 2. The molecule has 0 saturated heterocycles. The van der Waals surface area contributed by atoms with E-state index in [2.05, 4.69) is 5.32 Å². The van der Waals surface area contributed by atoms with E-state index in [-0.39, 0.29) is 19.0 Å². The van der Waals surface area contributed by atoms with Crippen molar-refractivity contribution in [2.75, 3.05) is 24.3 Å². The van der Waals surface area contributed by atoms with Crippen LogP contribution in [0.5, 0.6) is 0 Å². The fraction of sp³-hybridized carbons (Fsp3) is 0.231. The molecule has 1 aliphatic rings. The molecule has 1 aromatic rings. The van der Waals surface area contributed by atoms with Crippen LogP contribution in [0.3, 0.4) is 0 Å². The van der Waals surface area contributed by atoms with Gasteiger partial charge in [0.1, 0.15) is 6.61 Å². The second-order valence-corrected chi connectivity index (χ2v) is 4.06. The van der Waals surface area contributed by atoms with Crippen molar-refractivity contribution < 1.29 is 19.1 Å². The van der Waals surface area contributed by atoms with Crippen LogP contribution in [-0.2, 0) is 19.1 Å². The minimum Gasteiger partial charge on any atom is -0.493 e. The third-order valence-corrected chi connectivity index (χ3v) is 2.70. The molecule has 100 valence electrons. The van der Waals surface area contributed by atoms with Crippen molar-refractivity contribution in [1.29, 1.82) is 0 Å². The second kappa shape index (κ2) is 5.90. The molecular formula is C13H14N2O4. The van der Waals surface area contributed by atoms with Crippen molar-refractivity contribution in [1.82, 2.24) is 0 Å². The van der Waals surface area contributed by atoms with Gasteiger partial charge in [-0.05, 0) is 24.3 Å². The molecule has 0 fully saturated rings. The Morgan fingerprint density at radius 3 is 2.74 bits per heavy atom. The number of hydrogen-bond acceptors (Lipinski definition) is 6. The van der Waals surface area contributed by atoms with E-state index in [9.17, 15) is 9.59 Å². The monoisotopic (exact) mass is 262 g/mol. The number of carbonyl (C=O) groups is 2. The Balaban J connectivity index is 2.11. The van der Waals surface area contributed by atoms with Crippen LogP contribution >= 0.6 is 0 Å². The lowest BCUT2D eigenvalue weighted by Crippen LogP contribution is -2.30. The van der Waals surface area contributed by atoms with Gasteiger partial charge in [0.25, 0.3) is 6.47 Å². The van der Waals surface area contributed by atoms with Crippen LogP contribution in [-0.4, -0.2) is 31.5 Å². The van der Waals surface area contributed by atoms with Gasteiger partial charge in [-0.1, -0.05) is 0 Å². The molecule has 6 nitrogen and oxygen atoms in total. The lowest BCUT2D eigenvalue weighted by atomic mass is 10.1. The first kappa shape index (κ1) is 12.9. The lowest BCUT2D eigenvalue weighted by molar-refractivity contribution is -0.129. The first-order valence-corrected chi connectivity index (χ1v) is 5.73. The summed E-state index contributed by atoms with van der Waals surface area (Å²) in [6.07, 6.45) is 1.39. The largest absolute Gasteiger partial charge is 0.493 e. The molecule has 0 aliphatic carbocycles. The number of anilines is 2.